The normalized spacial score (nSPS) is 18.3. The summed E-state index contributed by atoms with van der Waals surface area (Å²) >= 11 is 0. The second kappa shape index (κ2) is 64.3. The maximum Gasteiger partial charge on any atom is 0.306 e. The molecule has 6 N–H and O–H groups in total. The lowest BCUT2D eigenvalue weighted by Crippen LogP contribution is -2.61. The summed E-state index contributed by atoms with van der Waals surface area (Å²) in [7, 11) is 0. The quantitative estimate of drug-likeness (QED) is 0.0195. The van der Waals surface area contributed by atoms with Crippen LogP contribution in [0.3, 0.4) is 0 Å². The molecular weight excluding hydrogens is 1090 g/mol. The number of aliphatic hydroxyl groups excluding tert-OH is 5. The average Bonchev–Trinajstić information content (AvgIpc) is 2.25. The minimum Gasteiger partial charge on any atom is -0.454 e. The topological polar surface area (TPSA) is 175 Å². The van der Waals surface area contributed by atoms with Crippen LogP contribution in [-0.2, 0) is 23.8 Å². The summed E-state index contributed by atoms with van der Waals surface area (Å²) in [6.45, 7) is 5.87. The van der Waals surface area contributed by atoms with E-state index >= 15 is 0 Å². The molecule has 0 aromatic carbocycles. The van der Waals surface area contributed by atoms with Gasteiger partial charge in [0.15, 0.2) is 12.4 Å². The van der Waals surface area contributed by atoms with E-state index in [0.29, 0.717) is 19.3 Å². The van der Waals surface area contributed by atoms with E-state index in [1.54, 1.807) is 6.08 Å². The summed E-state index contributed by atoms with van der Waals surface area (Å²) in [5.74, 6) is -1.17. The van der Waals surface area contributed by atoms with Crippen molar-refractivity contribution in [2.24, 2.45) is 0 Å². The molecule has 1 aliphatic heterocycles. The fraction of sp³-hybridized carbons (Fsp3) is 0.921. The Balaban J connectivity index is 2.54. The molecule has 0 aliphatic carbocycles. The molecule has 1 rings (SSSR count). The molecule has 0 saturated carbocycles. The molecule has 8 atom stereocenters. The van der Waals surface area contributed by atoms with Crippen molar-refractivity contribution < 1.29 is 49.3 Å². The van der Waals surface area contributed by atoms with Crippen LogP contribution in [-0.4, -0.2) is 99.6 Å². The molecule has 11 nitrogen and oxygen atoms in total. The number of carbonyl (C=O) groups excluding carboxylic acids is 2. The molecule has 1 saturated heterocycles. The van der Waals surface area contributed by atoms with Gasteiger partial charge in [-0.3, -0.25) is 9.59 Å². The number of ether oxygens (including phenoxy) is 3. The van der Waals surface area contributed by atoms with Crippen LogP contribution in [0.25, 0.3) is 0 Å². The van der Waals surface area contributed by atoms with E-state index in [2.05, 4.69) is 38.2 Å². The van der Waals surface area contributed by atoms with Crippen molar-refractivity contribution in [3.05, 3.63) is 24.3 Å². The van der Waals surface area contributed by atoms with E-state index in [-0.39, 0.29) is 13.0 Å². The Hall–Kier alpha value is -1.86. The van der Waals surface area contributed by atoms with Crippen LogP contribution in [0.2, 0.25) is 0 Å². The number of aliphatic hydroxyl groups is 5. The molecular formula is C76H145NO10. The summed E-state index contributed by atoms with van der Waals surface area (Å²) in [5.41, 5.74) is 0. The predicted octanol–water partition coefficient (Wildman–Crippen LogP) is 20.0. The maximum absolute atomic E-state index is 13.5. The van der Waals surface area contributed by atoms with Crippen LogP contribution < -0.4 is 5.32 Å². The van der Waals surface area contributed by atoms with Gasteiger partial charge in [-0.2, -0.15) is 0 Å². The zero-order valence-corrected chi connectivity index (χ0v) is 57.4. The summed E-state index contributed by atoms with van der Waals surface area (Å²) in [6.07, 6.45) is 68.0. The molecule has 1 aliphatic rings. The van der Waals surface area contributed by atoms with Gasteiger partial charge in [-0.1, -0.05) is 353 Å². The molecule has 0 aromatic rings. The van der Waals surface area contributed by atoms with Crippen LogP contribution >= 0.6 is 0 Å². The fourth-order valence-corrected chi connectivity index (χ4v) is 12.4. The van der Waals surface area contributed by atoms with Gasteiger partial charge < -0.3 is 45.1 Å². The fourth-order valence-electron chi connectivity index (χ4n) is 12.4. The van der Waals surface area contributed by atoms with Gasteiger partial charge in [-0.15, -0.1) is 0 Å². The first kappa shape index (κ1) is 83.2. The van der Waals surface area contributed by atoms with Crippen molar-refractivity contribution in [3.8, 4) is 0 Å². The van der Waals surface area contributed by atoms with E-state index in [9.17, 15) is 35.1 Å². The van der Waals surface area contributed by atoms with Crippen molar-refractivity contribution in [2.75, 3.05) is 13.2 Å². The van der Waals surface area contributed by atoms with Crippen LogP contribution in [0.1, 0.15) is 387 Å². The number of amides is 1. The lowest BCUT2D eigenvalue weighted by molar-refractivity contribution is -0.305. The van der Waals surface area contributed by atoms with Gasteiger partial charge in [0.25, 0.3) is 0 Å². The van der Waals surface area contributed by atoms with Crippen molar-refractivity contribution in [1.82, 2.24) is 5.32 Å². The second-order valence-electron chi connectivity index (χ2n) is 26.7. The third-order valence-electron chi connectivity index (χ3n) is 18.4. The molecule has 1 heterocycles. The van der Waals surface area contributed by atoms with Crippen molar-refractivity contribution in [3.63, 3.8) is 0 Å². The van der Waals surface area contributed by atoms with Crippen molar-refractivity contribution >= 4 is 11.9 Å². The van der Waals surface area contributed by atoms with E-state index in [0.717, 1.165) is 57.8 Å². The van der Waals surface area contributed by atoms with E-state index in [1.165, 1.54) is 283 Å². The van der Waals surface area contributed by atoms with Crippen LogP contribution in [0.4, 0.5) is 0 Å². The zero-order chi connectivity index (χ0) is 63.1. The number of nitrogens with one attached hydrogen (secondary N) is 1. The van der Waals surface area contributed by atoms with Gasteiger partial charge in [0.2, 0.25) is 5.91 Å². The van der Waals surface area contributed by atoms with E-state index in [4.69, 9.17) is 14.2 Å². The van der Waals surface area contributed by atoms with Gasteiger partial charge in [-0.25, -0.2) is 0 Å². The number of hydrogen-bond acceptors (Lipinski definition) is 10. The minimum absolute atomic E-state index is 0.131. The van der Waals surface area contributed by atoms with Gasteiger partial charge in [0, 0.05) is 6.42 Å². The first-order valence-electron chi connectivity index (χ1n) is 38.1. The average molecular weight is 1230 g/mol. The lowest BCUT2D eigenvalue weighted by atomic mass is 9.99. The number of allylic oxidation sites excluding steroid dienone is 3. The molecule has 514 valence electrons. The molecule has 11 heteroatoms. The number of unbranched alkanes of at least 4 members (excludes halogenated alkanes) is 51. The van der Waals surface area contributed by atoms with Crippen LogP contribution in [0.5, 0.6) is 0 Å². The second-order valence-corrected chi connectivity index (χ2v) is 26.7. The molecule has 1 fully saturated rings. The molecule has 0 radical (unpaired) electrons. The Morgan fingerprint density at radius 2 is 0.759 bits per heavy atom. The summed E-state index contributed by atoms with van der Waals surface area (Å²) in [6, 6.07) is -1.02. The Morgan fingerprint density at radius 1 is 0.437 bits per heavy atom. The maximum atomic E-state index is 13.5. The Kier molecular flexibility index (Phi) is 61.4. The van der Waals surface area contributed by atoms with Crippen molar-refractivity contribution in [2.45, 2.75) is 436 Å². The number of esters is 1. The summed E-state index contributed by atoms with van der Waals surface area (Å²) in [5, 5.41) is 57.4. The van der Waals surface area contributed by atoms with E-state index < -0.39 is 67.4 Å². The first-order chi connectivity index (χ1) is 42.7. The molecule has 1 amide bonds. The largest absolute Gasteiger partial charge is 0.454 e. The minimum atomic E-state index is -1.61. The monoisotopic (exact) mass is 1230 g/mol. The number of hydrogen-bond donors (Lipinski definition) is 6. The highest BCUT2D eigenvalue weighted by Crippen LogP contribution is 2.27. The highest BCUT2D eigenvalue weighted by Gasteiger charge is 2.47. The number of carbonyl (C=O) groups is 2. The van der Waals surface area contributed by atoms with Crippen LogP contribution in [0.15, 0.2) is 24.3 Å². The zero-order valence-electron chi connectivity index (χ0n) is 57.4. The Labute approximate surface area is 537 Å². The number of rotatable bonds is 67. The summed E-state index contributed by atoms with van der Waals surface area (Å²) in [4.78, 5) is 26.7. The van der Waals surface area contributed by atoms with Gasteiger partial charge >= 0.3 is 5.97 Å². The molecule has 0 bridgehead atoms. The van der Waals surface area contributed by atoms with Gasteiger partial charge in [-0.05, 0) is 51.4 Å². The predicted molar refractivity (Wildman–Crippen MR) is 366 cm³/mol. The smallest absolute Gasteiger partial charge is 0.306 e. The van der Waals surface area contributed by atoms with Crippen LogP contribution in [0, 0.1) is 0 Å². The molecule has 8 unspecified atom stereocenters. The Morgan fingerprint density at radius 3 is 1.11 bits per heavy atom. The summed E-state index contributed by atoms with van der Waals surface area (Å²) < 4.78 is 17.7. The third kappa shape index (κ3) is 51.4. The highest BCUT2D eigenvalue weighted by atomic mass is 16.7. The first-order valence-corrected chi connectivity index (χ1v) is 38.1. The standard InChI is InChI=1S/C76H145NO10/c1-4-7-10-13-16-19-22-25-27-29-31-33-35-37-39-41-43-46-49-52-55-58-61-64-71(81)87-74-73(83)72(82)70(65-78)86-76(74)85-66-67(68(79)62-59-56-53-50-47-44-24-21-18-15-12-9-6-3)77-75(84)69(80)63-60-57-54-51-48-45-42-40-38-36-34-32-30-28-26-23-20-17-14-11-8-5-2/h26,28,59,62,67-70,72-74,76,78-80,82-83H,4-25,27,29-58,60-61,63-66H2,1-3H3,(H,77,84)/b28-26+,62-59+. The third-order valence-corrected chi connectivity index (χ3v) is 18.4. The van der Waals surface area contributed by atoms with E-state index in [1.807, 2.05) is 6.08 Å². The molecule has 87 heavy (non-hydrogen) atoms. The Bertz CT molecular complexity index is 1510. The van der Waals surface area contributed by atoms with Gasteiger partial charge in [0.05, 0.1) is 25.4 Å². The lowest BCUT2D eigenvalue weighted by Gasteiger charge is -2.41. The SMILES string of the molecule is CCCCCCCC/C=C/CCCCCCCCCCCCCCC(O)C(=O)NC(COC1OC(CO)C(O)C(O)C1OC(=O)CCCCCCCCCCCCCCCCCCCCCCCCC)C(O)/C=C/CCCCCCCCCCCCC. The molecule has 0 spiro atoms. The highest BCUT2D eigenvalue weighted by molar-refractivity contribution is 5.80. The molecule has 0 aromatic heterocycles. The van der Waals surface area contributed by atoms with Gasteiger partial charge in [0.1, 0.15) is 24.4 Å². The van der Waals surface area contributed by atoms with Crippen molar-refractivity contribution in [1.29, 1.82) is 0 Å².